The van der Waals surface area contributed by atoms with Gasteiger partial charge in [0.25, 0.3) is 0 Å². The highest BCUT2D eigenvalue weighted by Gasteiger charge is 2.27. The number of sulfonamides is 1. The third-order valence-electron chi connectivity index (χ3n) is 1.95. The van der Waals surface area contributed by atoms with Crippen LogP contribution in [0.4, 0.5) is 0 Å². The van der Waals surface area contributed by atoms with Crippen LogP contribution in [0.15, 0.2) is 0 Å². The summed E-state index contributed by atoms with van der Waals surface area (Å²) in [6.07, 6.45) is 0.791. The van der Waals surface area contributed by atoms with Crippen molar-refractivity contribution in [3.8, 4) is 0 Å². The quantitative estimate of drug-likeness (QED) is 0.612. The van der Waals surface area contributed by atoms with E-state index in [0.717, 1.165) is 6.42 Å². The van der Waals surface area contributed by atoms with Crippen LogP contribution in [0, 0.1) is 0 Å². The largest absolute Gasteiger partial charge is 0.326 e. The summed E-state index contributed by atoms with van der Waals surface area (Å²) >= 11 is 0. The van der Waals surface area contributed by atoms with Crippen molar-refractivity contribution < 1.29 is 8.42 Å². The van der Waals surface area contributed by atoms with E-state index < -0.39 is 10.0 Å². The molecule has 0 aliphatic carbocycles. The fourth-order valence-corrected chi connectivity index (χ4v) is 2.36. The molecule has 5 heteroatoms. The zero-order valence-corrected chi connectivity index (χ0v) is 7.47. The van der Waals surface area contributed by atoms with Gasteiger partial charge in [0.2, 0.25) is 10.0 Å². The van der Waals surface area contributed by atoms with Crippen molar-refractivity contribution in [3.63, 3.8) is 0 Å². The van der Waals surface area contributed by atoms with E-state index in [1.165, 1.54) is 4.31 Å². The maximum Gasteiger partial charge on any atom is 0.213 e. The molecule has 0 bridgehead atoms. The van der Waals surface area contributed by atoms with E-state index in [9.17, 15) is 8.42 Å². The second kappa shape index (κ2) is 3.08. The van der Waals surface area contributed by atoms with Crippen LogP contribution < -0.4 is 5.73 Å². The Balaban J connectivity index is 2.64. The van der Waals surface area contributed by atoms with E-state index in [0.29, 0.717) is 13.1 Å². The molecule has 1 atom stereocenters. The highest BCUT2D eigenvalue weighted by molar-refractivity contribution is 7.89. The molecule has 66 valence electrons. The number of hydrogen-bond donors (Lipinski definition) is 1. The Labute approximate surface area is 67.4 Å². The molecule has 0 aromatic carbocycles. The minimum absolute atomic E-state index is 0.0383. The predicted octanol–water partition coefficient (Wildman–Crippen LogP) is -0.631. The van der Waals surface area contributed by atoms with Crippen molar-refractivity contribution in [3.05, 3.63) is 0 Å². The molecule has 0 amide bonds. The summed E-state index contributed by atoms with van der Waals surface area (Å²) in [6, 6.07) is 0.0383. The first-order valence-electron chi connectivity index (χ1n) is 3.79. The summed E-state index contributed by atoms with van der Waals surface area (Å²) in [5, 5.41) is 0. The maximum atomic E-state index is 11.2. The molecule has 0 saturated carbocycles. The average molecular weight is 178 g/mol. The van der Waals surface area contributed by atoms with E-state index in [1.807, 2.05) is 0 Å². The zero-order chi connectivity index (χ0) is 8.48. The Kier molecular flexibility index (Phi) is 2.51. The summed E-state index contributed by atoms with van der Waals surface area (Å²) in [6.45, 7) is 2.74. The first kappa shape index (κ1) is 8.96. The number of nitrogens with two attached hydrogens (primary N) is 1. The van der Waals surface area contributed by atoms with Crippen molar-refractivity contribution in [1.29, 1.82) is 0 Å². The number of nitrogens with zero attached hydrogens (tertiary/aromatic N) is 1. The Morgan fingerprint density at radius 3 is 2.64 bits per heavy atom. The first-order chi connectivity index (χ1) is 5.06. The zero-order valence-electron chi connectivity index (χ0n) is 6.66. The molecular weight excluding hydrogens is 164 g/mol. The van der Waals surface area contributed by atoms with Crippen LogP contribution in [0.5, 0.6) is 0 Å². The van der Waals surface area contributed by atoms with E-state index in [4.69, 9.17) is 5.73 Å². The van der Waals surface area contributed by atoms with Crippen LogP contribution in [-0.4, -0.2) is 37.6 Å². The fraction of sp³-hybridized carbons (Fsp3) is 1.00. The summed E-state index contributed by atoms with van der Waals surface area (Å²) < 4.78 is 23.9. The van der Waals surface area contributed by atoms with Gasteiger partial charge in [0, 0.05) is 19.1 Å². The van der Waals surface area contributed by atoms with Crippen LogP contribution in [0.3, 0.4) is 0 Å². The van der Waals surface area contributed by atoms with Gasteiger partial charge in [0.05, 0.1) is 5.75 Å². The predicted molar refractivity (Wildman–Crippen MR) is 43.6 cm³/mol. The monoisotopic (exact) mass is 178 g/mol. The highest BCUT2D eigenvalue weighted by atomic mass is 32.2. The van der Waals surface area contributed by atoms with Crippen LogP contribution >= 0.6 is 0 Å². The number of rotatable bonds is 2. The molecule has 0 radical (unpaired) electrons. The summed E-state index contributed by atoms with van der Waals surface area (Å²) in [7, 11) is -2.98. The van der Waals surface area contributed by atoms with Crippen molar-refractivity contribution in [2.45, 2.75) is 19.4 Å². The van der Waals surface area contributed by atoms with Crippen LogP contribution in [0.2, 0.25) is 0 Å². The molecule has 1 saturated heterocycles. The molecule has 0 aromatic rings. The summed E-state index contributed by atoms with van der Waals surface area (Å²) in [5.41, 5.74) is 5.57. The molecular formula is C6H14N2O2S. The van der Waals surface area contributed by atoms with Crippen molar-refractivity contribution in [2.75, 3.05) is 18.8 Å². The molecule has 0 spiro atoms. The summed E-state index contributed by atoms with van der Waals surface area (Å²) in [4.78, 5) is 0. The average Bonchev–Trinajstić information content (AvgIpc) is 2.36. The van der Waals surface area contributed by atoms with Gasteiger partial charge in [-0.1, -0.05) is 0 Å². The van der Waals surface area contributed by atoms with Crippen LogP contribution in [0.1, 0.15) is 13.3 Å². The molecule has 1 fully saturated rings. The summed E-state index contributed by atoms with van der Waals surface area (Å²) in [5.74, 6) is 0.180. The number of hydrogen-bond acceptors (Lipinski definition) is 3. The van der Waals surface area contributed by atoms with Gasteiger partial charge in [-0.2, -0.15) is 0 Å². The molecule has 4 nitrogen and oxygen atoms in total. The standard InChI is InChI=1S/C6H14N2O2S/c1-2-11(9,10)8-4-3-6(7)5-8/h6H,2-5,7H2,1H3/t6-/m0/s1. The molecule has 1 rings (SSSR count). The smallest absolute Gasteiger partial charge is 0.213 e. The topological polar surface area (TPSA) is 63.4 Å². The third-order valence-corrected chi connectivity index (χ3v) is 3.79. The second-order valence-electron chi connectivity index (χ2n) is 2.81. The van der Waals surface area contributed by atoms with E-state index in [1.54, 1.807) is 6.92 Å². The highest BCUT2D eigenvalue weighted by Crippen LogP contribution is 2.11. The molecule has 2 N–H and O–H groups in total. The minimum Gasteiger partial charge on any atom is -0.326 e. The van der Waals surface area contributed by atoms with Crippen LogP contribution in [-0.2, 0) is 10.0 Å². The van der Waals surface area contributed by atoms with Gasteiger partial charge in [-0.15, -0.1) is 0 Å². The van der Waals surface area contributed by atoms with Crippen LogP contribution in [0.25, 0.3) is 0 Å². The minimum atomic E-state index is -2.98. The van der Waals surface area contributed by atoms with Gasteiger partial charge < -0.3 is 5.73 Å². The molecule has 1 aliphatic rings. The van der Waals surface area contributed by atoms with Gasteiger partial charge in [-0.25, -0.2) is 12.7 Å². The lowest BCUT2D eigenvalue weighted by molar-refractivity contribution is 0.473. The second-order valence-corrected chi connectivity index (χ2v) is 5.06. The maximum absolute atomic E-state index is 11.2. The van der Waals surface area contributed by atoms with E-state index in [2.05, 4.69) is 0 Å². The van der Waals surface area contributed by atoms with Gasteiger partial charge in [0.15, 0.2) is 0 Å². The SMILES string of the molecule is CCS(=O)(=O)N1CC[C@H](N)C1. The normalized spacial score (nSPS) is 27.6. The van der Waals surface area contributed by atoms with Crippen molar-refractivity contribution in [1.82, 2.24) is 4.31 Å². The molecule has 1 aliphatic heterocycles. The van der Waals surface area contributed by atoms with Gasteiger partial charge >= 0.3 is 0 Å². The fourth-order valence-electron chi connectivity index (χ4n) is 1.19. The van der Waals surface area contributed by atoms with E-state index in [-0.39, 0.29) is 11.8 Å². The molecule has 0 aromatic heterocycles. The van der Waals surface area contributed by atoms with Gasteiger partial charge in [0.1, 0.15) is 0 Å². The van der Waals surface area contributed by atoms with Gasteiger partial charge in [-0.05, 0) is 13.3 Å². The van der Waals surface area contributed by atoms with Gasteiger partial charge in [-0.3, -0.25) is 0 Å². The Bertz CT molecular complexity index is 225. The lowest BCUT2D eigenvalue weighted by Crippen LogP contribution is -2.32. The van der Waals surface area contributed by atoms with E-state index >= 15 is 0 Å². The molecule has 1 heterocycles. The van der Waals surface area contributed by atoms with Crippen molar-refractivity contribution in [2.24, 2.45) is 5.73 Å². The molecule has 11 heavy (non-hydrogen) atoms. The first-order valence-corrected chi connectivity index (χ1v) is 5.40. The Morgan fingerprint density at radius 1 is 1.64 bits per heavy atom. The molecule has 0 unspecified atom stereocenters. The Hall–Kier alpha value is -0.130. The lowest BCUT2D eigenvalue weighted by atomic mass is 10.3. The lowest BCUT2D eigenvalue weighted by Gasteiger charge is -2.13. The van der Waals surface area contributed by atoms with Crippen molar-refractivity contribution >= 4 is 10.0 Å². The third kappa shape index (κ3) is 1.91. The Morgan fingerprint density at radius 2 is 2.27 bits per heavy atom.